The molecular formula is C22H32N4OS. The first-order chi connectivity index (χ1) is 13.6. The highest BCUT2D eigenvalue weighted by molar-refractivity contribution is 7.13. The fourth-order valence-corrected chi connectivity index (χ4v) is 4.71. The molecule has 1 amide bonds. The van der Waals surface area contributed by atoms with E-state index in [9.17, 15) is 4.79 Å². The summed E-state index contributed by atoms with van der Waals surface area (Å²) in [6.45, 7) is 13.4. The molecule has 0 saturated carbocycles. The third kappa shape index (κ3) is 5.40. The van der Waals surface area contributed by atoms with Crippen molar-refractivity contribution in [3.05, 3.63) is 51.0 Å². The average Bonchev–Trinajstić information content (AvgIpc) is 3.08. The van der Waals surface area contributed by atoms with Gasteiger partial charge in [0.15, 0.2) is 0 Å². The van der Waals surface area contributed by atoms with Crippen LogP contribution in [0.25, 0.3) is 0 Å². The predicted octanol–water partition coefficient (Wildman–Crippen LogP) is 3.47. The first-order valence-corrected chi connectivity index (χ1v) is 11.2. The van der Waals surface area contributed by atoms with Gasteiger partial charge in [0.2, 0.25) is 0 Å². The van der Waals surface area contributed by atoms with Gasteiger partial charge in [-0.2, -0.15) is 0 Å². The molecule has 1 aromatic heterocycles. The van der Waals surface area contributed by atoms with Crippen molar-refractivity contribution in [2.45, 2.75) is 46.7 Å². The number of piperazine rings is 1. The van der Waals surface area contributed by atoms with Crippen LogP contribution in [0.15, 0.2) is 24.3 Å². The van der Waals surface area contributed by atoms with E-state index in [1.807, 2.05) is 6.92 Å². The SMILES string of the molecule is CCCc1nc(C)c(C(=O)NCc2ccccc2CN2CCN(CC)CC2)s1. The highest BCUT2D eigenvalue weighted by Crippen LogP contribution is 2.20. The lowest BCUT2D eigenvalue weighted by atomic mass is 10.1. The van der Waals surface area contributed by atoms with Gasteiger partial charge in [-0.15, -0.1) is 11.3 Å². The monoisotopic (exact) mass is 400 g/mol. The Balaban J connectivity index is 1.60. The minimum absolute atomic E-state index is 0.0104. The van der Waals surface area contributed by atoms with Gasteiger partial charge in [0, 0.05) is 39.3 Å². The van der Waals surface area contributed by atoms with Crippen LogP contribution in [0.2, 0.25) is 0 Å². The zero-order valence-electron chi connectivity index (χ0n) is 17.3. The average molecular weight is 401 g/mol. The summed E-state index contributed by atoms with van der Waals surface area (Å²) in [6, 6.07) is 8.45. The number of amides is 1. The lowest BCUT2D eigenvalue weighted by Crippen LogP contribution is -2.45. The molecule has 5 nitrogen and oxygen atoms in total. The number of thiazole rings is 1. The van der Waals surface area contributed by atoms with Crippen molar-refractivity contribution in [2.75, 3.05) is 32.7 Å². The number of nitrogens with one attached hydrogen (secondary N) is 1. The Kier molecular flexibility index (Phi) is 7.59. The Bertz CT molecular complexity index is 781. The van der Waals surface area contributed by atoms with Gasteiger partial charge in [-0.25, -0.2) is 4.98 Å². The molecular weight excluding hydrogens is 368 g/mol. The molecule has 3 rings (SSSR count). The quantitative estimate of drug-likeness (QED) is 0.737. The lowest BCUT2D eigenvalue weighted by molar-refractivity contribution is 0.0954. The van der Waals surface area contributed by atoms with Crippen molar-refractivity contribution in [3.63, 3.8) is 0 Å². The Labute approximate surface area is 172 Å². The van der Waals surface area contributed by atoms with Gasteiger partial charge >= 0.3 is 0 Å². The van der Waals surface area contributed by atoms with Gasteiger partial charge in [0.1, 0.15) is 4.88 Å². The van der Waals surface area contributed by atoms with Crippen LogP contribution in [0.5, 0.6) is 0 Å². The van der Waals surface area contributed by atoms with Crippen LogP contribution in [0.1, 0.15) is 51.8 Å². The molecule has 28 heavy (non-hydrogen) atoms. The standard InChI is InChI=1S/C22H32N4OS/c1-4-8-20-24-17(3)21(28-20)22(27)23-15-18-9-6-7-10-19(18)16-26-13-11-25(5-2)12-14-26/h6-7,9-10H,4-5,8,11-16H2,1-3H3,(H,23,27). The first-order valence-electron chi connectivity index (χ1n) is 10.4. The Morgan fingerprint density at radius 3 is 2.46 bits per heavy atom. The fraction of sp³-hybridized carbons (Fsp3) is 0.545. The van der Waals surface area contributed by atoms with Crippen LogP contribution in [-0.2, 0) is 19.5 Å². The summed E-state index contributed by atoms with van der Waals surface area (Å²) in [6.07, 6.45) is 1.99. The summed E-state index contributed by atoms with van der Waals surface area (Å²) in [5.41, 5.74) is 3.35. The number of aromatic nitrogens is 1. The number of carbonyl (C=O) groups is 1. The molecule has 1 aliphatic heterocycles. The van der Waals surface area contributed by atoms with E-state index in [0.717, 1.165) is 67.7 Å². The van der Waals surface area contributed by atoms with E-state index in [1.165, 1.54) is 22.5 Å². The van der Waals surface area contributed by atoms with Crippen LogP contribution < -0.4 is 5.32 Å². The van der Waals surface area contributed by atoms with Crippen LogP contribution >= 0.6 is 11.3 Å². The number of hydrogen-bond donors (Lipinski definition) is 1. The largest absolute Gasteiger partial charge is 0.347 e. The summed E-state index contributed by atoms with van der Waals surface area (Å²) < 4.78 is 0. The highest BCUT2D eigenvalue weighted by atomic mass is 32.1. The molecule has 2 aromatic rings. The second-order valence-electron chi connectivity index (χ2n) is 7.43. The fourth-order valence-electron chi connectivity index (χ4n) is 3.63. The van der Waals surface area contributed by atoms with Crippen LogP contribution in [0.4, 0.5) is 0 Å². The predicted molar refractivity (Wildman–Crippen MR) is 116 cm³/mol. The van der Waals surface area contributed by atoms with E-state index >= 15 is 0 Å². The molecule has 152 valence electrons. The molecule has 0 unspecified atom stereocenters. The number of nitrogens with zero attached hydrogens (tertiary/aromatic N) is 3. The molecule has 1 saturated heterocycles. The molecule has 2 heterocycles. The topological polar surface area (TPSA) is 48.5 Å². The molecule has 1 aliphatic rings. The summed E-state index contributed by atoms with van der Waals surface area (Å²) in [5.74, 6) is -0.0104. The van der Waals surface area contributed by atoms with Crippen LogP contribution in [0, 0.1) is 6.92 Å². The Hall–Kier alpha value is -1.76. The van der Waals surface area contributed by atoms with E-state index in [-0.39, 0.29) is 5.91 Å². The molecule has 1 aromatic carbocycles. The molecule has 0 aliphatic carbocycles. The second kappa shape index (κ2) is 10.1. The number of benzene rings is 1. The number of rotatable bonds is 8. The molecule has 1 fully saturated rings. The summed E-state index contributed by atoms with van der Waals surface area (Å²) in [5, 5.41) is 4.16. The summed E-state index contributed by atoms with van der Waals surface area (Å²) >= 11 is 1.53. The normalized spacial score (nSPS) is 15.7. The molecule has 0 spiro atoms. The minimum atomic E-state index is -0.0104. The van der Waals surface area contributed by atoms with Crippen LogP contribution in [0.3, 0.4) is 0 Å². The minimum Gasteiger partial charge on any atom is -0.347 e. The first kappa shape index (κ1) is 21.0. The Morgan fingerprint density at radius 1 is 1.11 bits per heavy atom. The smallest absolute Gasteiger partial charge is 0.263 e. The maximum absolute atomic E-state index is 12.7. The van der Waals surface area contributed by atoms with Crippen molar-refractivity contribution in [2.24, 2.45) is 0 Å². The number of carbonyl (C=O) groups excluding carboxylic acids is 1. The van der Waals surface area contributed by atoms with E-state index < -0.39 is 0 Å². The number of likely N-dealkylation sites (N-methyl/N-ethyl adjacent to an activating group) is 1. The zero-order valence-corrected chi connectivity index (χ0v) is 18.1. The van der Waals surface area contributed by atoms with Gasteiger partial charge < -0.3 is 10.2 Å². The van der Waals surface area contributed by atoms with Gasteiger partial charge in [-0.05, 0) is 37.4 Å². The summed E-state index contributed by atoms with van der Waals surface area (Å²) in [4.78, 5) is 23.0. The number of hydrogen-bond acceptors (Lipinski definition) is 5. The summed E-state index contributed by atoms with van der Waals surface area (Å²) in [7, 11) is 0. The Morgan fingerprint density at radius 2 is 1.79 bits per heavy atom. The lowest BCUT2D eigenvalue weighted by Gasteiger charge is -2.34. The third-order valence-corrected chi connectivity index (χ3v) is 6.59. The van der Waals surface area contributed by atoms with Crippen molar-refractivity contribution >= 4 is 17.2 Å². The van der Waals surface area contributed by atoms with Gasteiger partial charge in [0.05, 0.1) is 10.7 Å². The van der Waals surface area contributed by atoms with Crippen LogP contribution in [-0.4, -0.2) is 53.4 Å². The van der Waals surface area contributed by atoms with Crippen molar-refractivity contribution in [1.29, 1.82) is 0 Å². The van der Waals surface area contributed by atoms with Gasteiger partial charge in [0.25, 0.3) is 5.91 Å². The molecule has 0 radical (unpaired) electrons. The van der Waals surface area contributed by atoms with Gasteiger partial charge in [-0.3, -0.25) is 9.69 Å². The maximum Gasteiger partial charge on any atom is 0.263 e. The van der Waals surface area contributed by atoms with Gasteiger partial charge in [-0.1, -0.05) is 38.1 Å². The van der Waals surface area contributed by atoms with E-state index in [1.54, 1.807) is 0 Å². The van der Waals surface area contributed by atoms with Crippen molar-refractivity contribution in [3.8, 4) is 0 Å². The van der Waals surface area contributed by atoms with Crippen molar-refractivity contribution < 1.29 is 4.79 Å². The van der Waals surface area contributed by atoms with Crippen molar-refractivity contribution in [1.82, 2.24) is 20.1 Å². The third-order valence-electron chi connectivity index (χ3n) is 5.37. The second-order valence-corrected chi connectivity index (χ2v) is 8.52. The molecule has 0 atom stereocenters. The molecule has 0 bridgehead atoms. The zero-order chi connectivity index (χ0) is 19.9. The van der Waals surface area contributed by atoms with E-state index in [4.69, 9.17) is 0 Å². The van der Waals surface area contributed by atoms with E-state index in [0.29, 0.717) is 6.54 Å². The highest BCUT2D eigenvalue weighted by Gasteiger charge is 2.18. The number of aryl methyl sites for hydroxylation is 2. The molecule has 1 N–H and O–H groups in total. The van der Waals surface area contributed by atoms with E-state index in [2.05, 4.69) is 58.2 Å². The molecule has 6 heteroatoms. The maximum atomic E-state index is 12.7.